The fourth-order valence-corrected chi connectivity index (χ4v) is 2.35. The first-order chi connectivity index (χ1) is 11.1. The Morgan fingerprint density at radius 1 is 1.13 bits per heavy atom. The van der Waals surface area contributed by atoms with Crippen LogP contribution in [-0.4, -0.2) is 31.8 Å². The third kappa shape index (κ3) is 4.72. The van der Waals surface area contributed by atoms with Gasteiger partial charge in [-0.1, -0.05) is 12.1 Å². The summed E-state index contributed by atoms with van der Waals surface area (Å²) >= 11 is 0. The highest BCUT2D eigenvalue weighted by molar-refractivity contribution is 5.87. The molecular weight excluding hydrogens is 294 g/mol. The van der Waals surface area contributed by atoms with Gasteiger partial charge >= 0.3 is 5.97 Å². The molecule has 0 amide bonds. The highest BCUT2D eigenvalue weighted by Gasteiger charge is 2.06. The number of carboxylic acids is 1. The quantitative estimate of drug-likeness (QED) is 0.733. The van der Waals surface area contributed by atoms with Crippen molar-refractivity contribution in [3.63, 3.8) is 0 Å². The summed E-state index contributed by atoms with van der Waals surface area (Å²) in [5.41, 5.74) is 2.32. The average molecular weight is 315 g/mol. The number of ether oxygens (including phenoxy) is 2. The monoisotopic (exact) mass is 315 g/mol. The Morgan fingerprint density at radius 2 is 1.96 bits per heavy atom. The molecule has 5 heteroatoms. The predicted octanol–water partition coefficient (Wildman–Crippen LogP) is 2.73. The summed E-state index contributed by atoms with van der Waals surface area (Å²) in [5, 5.41) is 12.3. The average Bonchev–Trinajstić information content (AvgIpc) is 2.58. The Labute approximate surface area is 135 Å². The fourth-order valence-electron chi connectivity index (χ4n) is 2.35. The normalized spacial score (nSPS) is 10.3. The van der Waals surface area contributed by atoms with Crippen molar-refractivity contribution in [1.82, 2.24) is 5.32 Å². The number of rotatable bonds is 8. The molecule has 0 aliphatic heterocycles. The molecule has 2 rings (SSSR count). The standard InChI is InChI=1S/C18H21NO4/c1-22-16-6-7-17(23-2)14(11-16)8-9-19-12-13-4-3-5-15(10-13)18(20)21/h3-7,10-11,19H,8-9,12H2,1-2H3,(H,20,21). The number of hydrogen-bond acceptors (Lipinski definition) is 4. The molecular formula is C18H21NO4. The molecule has 2 aromatic carbocycles. The minimum absolute atomic E-state index is 0.304. The van der Waals surface area contributed by atoms with Gasteiger partial charge in [0.15, 0.2) is 0 Å². The van der Waals surface area contributed by atoms with Crippen molar-refractivity contribution < 1.29 is 19.4 Å². The van der Waals surface area contributed by atoms with Gasteiger partial charge in [0.2, 0.25) is 0 Å². The van der Waals surface area contributed by atoms with Crippen molar-refractivity contribution in [3.8, 4) is 11.5 Å². The molecule has 0 heterocycles. The Hall–Kier alpha value is -2.53. The topological polar surface area (TPSA) is 67.8 Å². The van der Waals surface area contributed by atoms with Crippen LogP contribution in [0.3, 0.4) is 0 Å². The largest absolute Gasteiger partial charge is 0.497 e. The molecule has 2 aromatic rings. The van der Waals surface area contributed by atoms with E-state index in [0.29, 0.717) is 12.1 Å². The Balaban J connectivity index is 1.90. The van der Waals surface area contributed by atoms with Crippen LogP contribution in [-0.2, 0) is 13.0 Å². The Bertz CT molecular complexity index is 670. The summed E-state index contributed by atoms with van der Waals surface area (Å²) in [6.45, 7) is 1.37. The van der Waals surface area contributed by atoms with Crippen LogP contribution < -0.4 is 14.8 Å². The molecule has 0 unspecified atom stereocenters. The maximum absolute atomic E-state index is 11.0. The second-order valence-corrected chi connectivity index (χ2v) is 5.11. The SMILES string of the molecule is COc1ccc(OC)c(CCNCc2cccc(C(=O)O)c2)c1. The van der Waals surface area contributed by atoms with E-state index in [1.54, 1.807) is 32.4 Å². The van der Waals surface area contributed by atoms with Crippen molar-refractivity contribution in [2.75, 3.05) is 20.8 Å². The number of nitrogens with one attached hydrogen (secondary N) is 1. The number of hydrogen-bond donors (Lipinski definition) is 2. The van der Waals surface area contributed by atoms with Gasteiger partial charge in [0, 0.05) is 6.54 Å². The van der Waals surface area contributed by atoms with E-state index in [2.05, 4.69) is 5.32 Å². The molecule has 122 valence electrons. The van der Waals surface area contributed by atoms with Crippen LogP contribution in [0, 0.1) is 0 Å². The maximum Gasteiger partial charge on any atom is 0.335 e. The summed E-state index contributed by atoms with van der Waals surface area (Å²) in [5.74, 6) is 0.725. The summed E-state index contributed by atoms with van der Waals surface area (Å²) in [6.07, 6.45) is 0.791. The summed E-state index contributed by atoms with van der Waals surface area (Å²) in [6, 6.07) is 12.7. The van der Waals surface area contributed by atoms with Crippen LogP contribution in [0.5, 0.6) is 11.5 Å². The van der Waals surface area contributed by atoms with Gasteiger partial charge in [-0.3, -0.25) is 0 Å². The molecule has 0 saturated heterocycles. The lowest BCUT2D eigenvalue weighted by molar-refractivity contribution is 0.0696. The molecule has 0 atom stereocenters. The zero-order chi connectivity index (χ0) is 16.7. The van der Waals surface area contributed by atoms with Gasteiger partial charge in [-0.15, -0.1) is 0 Å². The molecule has 0 spiro atoms. The smallest absolute Gasteiger partial charge is 0.335 e. The van der Waals surface area contributed by atoms with E-state index in [1.807, 2.05) is 24.3 Å². The molecule has 23 heavy (non-hydrogen) atoms. The lowest BCUT2D eigenvalue weighted by Crippen LogP contribution is -2.17. The third-order valence-corrected chi connectivity index (χ3v) is 3.56. The number of carbonyl (C=O) groups is 1. The van der Waals surface area contributed by atoms with E-state index in [0.717, 1.165) is 35.6 Å². The molecule has 0 aromatic heterocycles. The second kappa shape index (κ2) is 8.19. The van der Waals surface area contributed by atoms with E-state index in [-0.39, 0.29) is 0 Å². The zero-order valence-electron chi connectivity index (χ0n) is 13.3. The van der Waals surface area contributed by atoms with Crippen molar-refractivity contribution in [2.45, 2.75) is 13.0 Å². The van der Waals surface area contributed by atoms with E-state index < -0.39 is 5.97 Å². The van der Waals surface area contributed by atoms with E-state index in [4.69, 9.17) is 14.6 Å². The Morgan fingerprint density at radius 3 is 2.65 bits per heavy atom. The first-order valence-electron chi connectivity index (χ1n) is 7.38. The predicted molar refractivity (Wildman–Crippen MR) is 88.4 cm³/mol. The molecule has 5 nitrogen and oxygen atoms in total. The number of benzene rings is 2. The van der Waals surface area contributed by atoms with Gasteiger partial charge in [0.25, 0.3) is 0 Å². The van der Waals surface area contributed by atoms with E-state index in [9.17, 15) is 4.79 Å². The number of carboxylic acid groups (broad SMARTS) is 1. The lowest BCUT2D eigenvalue weighted by atomic mass is 10.1. The first-order valence-corrected chi connectivity index (χ1v) is 7.38. The van der Waals surface area contributed by atoms with Crippen LogP contribution in [0.25, 0.3) is 0 Å². The van der Waals surface area contributed by atoms with Crippen LogP contribution in [0.2, 0.25) is 0 Å². The second-order valence-electron chi connectivity index (χ2n) is 5.11. The molecule has 0 radical (unpaired) electrons. The van der Waals surface area contributed by atoms with Gasteiger partial charge < -0.3 is 19.9 Å². The maximum atomic E-state index is 11.0. The van der Waals surface area contributed by atoms with Gasteiger partial charge in [0.1, 0.15) is 11.5 Å². The van der Waals surface area contributed by atoms with E-state index in [1.165, 1.54) is 0 Å². The Kier molecular flexibility index (Phi) is 6.00. The van der Waals surface area contributed by atoms with Gasteiger partial charge in [-0.05, 0) is 54.4 Å². The minimum Gasteiger partial charge on any atom is -0.497 e. The van der Waals surface area contributed by atoms with Gasteiger partial charge in [-0.2, -0.15) is 0 Å². The van der Waals surface area contributed by atoms with Crippen molar-refractivity contribution in [2.24, 2.45) is 0 Å². The minimum atomic E-state index is -0.909. The van der Waals surface area contributed by atoms with E-state index >= 15 is 0 Å². The number of methoxy groups -OCH3 is 2. The fraction of sp³-hybridized carbons (Fsp3) is 0.278. The van der Waals surface area contributed by atoms with Crippen molar-refractivity contribution in [1.29, 1.82) is 0 Å². The summed E-state index contributed by atoms with van der Waals surface area (Å²) < 4.78 is 10.6. The van der Waals surface area contributed by atoms with Crippen molar-refractivity contribution >= 4 is 5.97 Å². The summed E-state index contributed by atoms with van der Waals surface area (Å²) in [4.78, 5) is 11.0. The third-order valence-electron chi connectivity index (χ3n) is 3.56. The summed E-state index contributed by atoms with van der Waals surface area (Å²) in [7, 11) is 3.29. The van der Waals surface area contributed by atoms with Crippen LogP contribution >= 0.6 is 0 Å². The molecule has 0 fully saturated rings. The number of aromatic carboxylic acids is 1. The van der Waals surface area contributed by atoms with Gasteiger partial charge in [0.05, 0.1) is 19.8 Å². The van der Waals surface area contributed by atoms with Crippen LogP contribution in [0.4, 0.5) is 0 Å². The first kappa shape index (κ1) is 16.8. The highest BCUT2D eigenvalue weighted by Crippen LogP contribution is 2.24. The van der Waals surface area contributed by atoms with Crippen molar-refractivity contribution in [3.05, 3.63) is 59.2 Å². The van der Waals surface area contributed by atoms with Gasteiger partial charge in [-0.25, -0.2) is 4.79 Å². The van der Waals surface area contributed by atoms with Crippen LogP contribution in [0.1, 0.15) is 21.5 Å². The molecule has 0 saturated carbocycles. The molecule has 0 aliphatic carbocycles. The lowest BCUT2D eigenvalue weighted by Gasteiger charge is -2.11. The molecule has 0 bridgehead atoms. The highest BCUT2D eigenvalue weighted by atomic mass is 16.5. The zero-order valence-corrected chi connectivity index (χ0v) is 13.3. The molecule has 2 N–H and O–H groups in total. The van der Waals surface area contributed by atoms with Crippen LogP contribution in [0.15, 0.2) is 42.5 Å². The molecule has 0 aliphatic rings.